The van der Waals surface area contributed by atoms with Crippen molar-refractivity contribution in [2.45, 2.75) is 51.2 Å². The van der Waals surface area contributed by atoms with Crippen LogP contribution in [0.2, 0.25) is 0 Å². The van der Waals surface area contributed by atoms with Crippen molar-refractivity contribution in [3.63, 3.8) is 0 Å². The van der Waals surface area contributed by atoms with Gasteiger partial charge in [0.15, 0.2) is 0 Å². The lowest BCUT2D eigenvalue weighted by Gasteiger charge is -2.39. The zero-order valence-electron chi connectivity index (χ0n) is 12.6. The highest BCUT2D eigenvalue weighted by molar-refractivity contribution is 5.38. The summed E-state index contributed by atoms with van der Waals surface area (Å²) >= 11 is 0. The molecule has 1 aromatic carbocycles. The molecule has 1 fully saturated rings. The van der Waals surface area contributed by atoms with Gasteiger partial charge in [0.05, 0.1) is 12.1 Å². The molecule has 1 aliphatic carbocycles. The summed E-state index contributed by atoms with van der Waals surface area (Å²) < 4.78 is 5.95. The first-order valence-corrected chi connectivity index (χ1v) is 7.90. The maximum Gasteiger partial charge on any atom is 0.124 e. The van der Waals surface area contributed by atoms with E-state index in [1.165, 1.54) is 24.8 Å². The fraction of sp³-hybridized carbons (Fsp3) is 0.647. The number of fused-ring (bicyclic) bond motifs is 1. The van der Waals surface area contributed by atoms with Crippen LogP contribution < -0.4 is 10.5 Å². The largest absolute Gasteiger partial charge is 0.492 e. The first kappa shape index (κ1) is 13.9. The van der Waals surface area contributed by atoms with Gasteiger partial charge in [0.25, 0.3) is 0 Å². The van der Waals surface area contributed by atoms with Crippen molar-refractivity contribution in [3.05, 3.63) is 29.8 Å². The summed E-state index contributed by atoms with van der Waals surface area (Å²) in [6, 6.07) is 9.35. The monoisotopic (exact) mass is 274 g/mol. The zero-order chi connectivity index (χ0) is 14.1. The van der Waals surface area contributed by atoms with E-state index in [0.29, 0.717) is 6.04 Å². The normalized spacial score (nSPS) is 25.6. The van der Waals surface area contributed by atoms with Crippen molar-refractivity contribution >= 4 is 0 Å². The number of para-hydroxylation sites is 1. The number of rotatable bonds is 5. The molecule has 2 aliphatic rings. The lowest BCUT2D eigenvalue weighted by atomic mass is 9.95. The molecule has 1 aromatic rings. The molecular formula is C17H26N2O. The summed E-state index contributed by atoms with van der Waals surface area (Å²) in [6.07, 6.45) is 3.88. The van der Waals surface area contributed by atoms with E-state index in [2.05, 4.69) is 30.9 Å². The molecule has 3 nitrogen and oxygen atoms in total. The average molecular weight is 274 g/mol. The van der Waals surface area contributed by atoms with Crippen LogP contribution in [0.4, 0.5) is 0 Å². The Kier molecular flexibility index (Phi) is 3.99. The van der Waals surface area contributed by atoms with Crippen LogP contribution in [-0.2, 0) is 0 Å². The third-order valence-corrected chi connectivity index (χ3v) is 4.51. The van der Waals surface area contributed by atoms with Crippen LogP contribution in [0.15, 0.2) is 24.3 Å². The molecule has 0 saturated heterocycles. The predicted molar refractivity (Wildman–Crippen MR) is 81.8 cm³/mol. The number of hydrogen-bond donors (Lipinski definition) is 1. The van der Waals surface area contributed by atoms with Gasteiger partial charge in [-0.25, -0.2) is 0 Å². The minimum Gasteiger partial charge on any atom is -0.492 e. The second-order valence-corrected chi connectivity index (χ2v) is 6.59. The van der Waals surface area contributed by atoms with E-state index in [4.69, 9.17) is 10.5 Å². The average Bonchev–Trinajstić information content (AvgIpc) is 3.26. The first-order valence-electron chi connectivity index (χ1n) is 7.90. The van der Waals surface area contributed by atoms with E-state index in [1.807, 2.05) is 12.1 Å². The number of nitrogens with zero attached hydrogens (tertiary/aromatic N) is 1. The smallest absolute Gasteiger partial charge is 0.124 e. The standard InChI is InChI=1S/C17H26N2O/c1-12(2)9-10-19(13-7-8-13)15-11-20-16-6-4-3-5-14(16)17(15)18/h3-6,12-13,15,17H,7-11,18H2,1-2H3. The van der Waals surface area contributed by atoms with E-state index in [0.717, 1.165) is 30.9 Å². The van der Waals surface area contributed by atoms with Crippen LogP contribution in [0.5, 0.6) is 5.75 Å². The van der Waals surface area contributed by atoms with Crippen molar-refractivity contribution in [1.29, 1.82) is 0 Å². The van der Waals surface area contributed by atoms with E-state index in [-0.39, 0.29) is 6.04 Å². The van der Waals surface area contributed by atoms with Crippen molar-refractivity contribution in [1.82, 2.24) is 4.90 Å². The Morgan fingerprint density at radius 2 is 2.05 bits per heavy atom. The lowest BCUT2D eigenvalue weighted by molar-refractivity contribution is 0.0867. The molecule has 1 saturated carbocycles. The van der Waals surface area contributed by atoms with Crippen LogP contribution >= 0.6 is 0 Å². The molecule has 0 bridgehead atoms. The molecule has 0 spiro atoms. The van der Waals surface area contributed by atoms with Crippen molar-refractivity contribution < 1.29 is 4.74 Å². The van der Waals surface area contributed by atoms with E-state index in [9.17, 15) is 0 Å². The molecule has 2 atom stereocenters. The van der Waals surface area contributed by atoms with E-state index >= 15 is 0 Å². The lowest BCUT2D eigenvalue weighted by Crippen LogP contribution is -2.50. The fourth-order valence-electron chi connectivity index (χ4n) is 3.11. The Balaban J connectivity index is 1.75. The molecule has 20 heavy (non-hydrogen) atoms. The molecule has 1 aliphatic heterocycles. The highest BCUT2D eigenvalue weighted by atomic mass is 16.5. The molecule has 1 heterocycles. The molecule has 0 radical (unpaired) electrons. The van der Waals surface area contributed by atoms with Crippen molar-refractivity contribution in [2.24, 2.45) is 11.7 Å². The Hall–Kier alpha value is -1.06. The van der Waals surface area contributed by atoms with Crippen LogP contribution in [0, 0.1) is 5.92 Å². The van der Waals surface area contributed by atoms with Gasteiger partial charge in [-0.1, -0.05) is 32.0 Å². The topological polar surface area (TPSA) is 38.5 Å². The molecule has 3 rings (SSSR count). The minimum atomic E-state index is 0.0766. The van der Waals surface area contributed by atoms with E-state index < -0.39 is 0 Å². The first-order chi connectivity index (χ1) is 9.66. The molecule has 2 N–H and O–H groups in total. The number of benzene rings is 1. The van der Waals surface area contributed by atoms with E-state index in [1.54, 1.807) is 0 Å². The second kappa shape index (κ2) is 5.74. The van der Waals surface area contributed by atoms with Gasteiger partial charge in [-0.15, -0.1) is 0 Å². The quantitative estimate of drug-likeness (QED) is 0.897. The summed E-state index contributed by atoms with van der Waals surface area (Å²) in [5.41, 5.74) is 7.71. The fourth-order valence-corrected chi connectivity index (χ4v) is 3.11. The summed E-state index contributed by atoms with van der Waals surface area (Å²) in [5, 5.41) is 0. The number of hydrogen-bond acceptors (Lipinski definition) is 3. The van der Waals surface area contributed by atoms with Gasteiger partial charge in [0.2, 0.25) is 0 Å². The Labute approximate surface area is 122 Å². The van der Waals surface area contributed by atoms with Crippen LogP contribution in [0.3, 0.4) is 0 Å². The van der Waals surface area contributed by atoms with Gasteiger partial charge in [-0.05, 0) is 37.8 Å². The highest BCUT2D eigenvalue weighted by Crippen LogP contribution is 2.37. The zero-order valence-corrected chi connectivity index (χ0v) is 12.6. The molecule has 2 unspecified atom stereocenters. The van der Waals surface area contributed by atoms with Crippen LogP contribution in [0.25, 0.3) is 0 Å². The third-order valence-electron chi connectivity index (χ3n) is 4.51. The third kappa shape index (κ3) is 2.84. The Bertz CT molecular complexity index is 456. The van der Waals surface area contributed by atoms with Gasteiger partial charge in [0, 0.05) is 11.6 Å². The van der Waals surface area contributed by atoms with Crippen LogP contribution in [-0.4, -0.2) is 30.1 Å². The van der Waals surface area contributed by atoms with Gasteiger partial charge in [-0.2, -0.15) is 0 Å². The molecule has 110 valence electrons. The molecule has 0 aromatic heterocycles. The molecular weight excluding hydrogens is 248 g/mol. The van der Waals surface area contributed by atoms with Gasteiger partial charge in [-0.3, -0.25) is 4.90 Å². The Morgan fingerprint density at radius 1 is 1.30 bits per heavy atom. The maximum atomic E-state index is 6.54. The molecule has 0 amide bonds. The van der Waals surface area contributed by atoms with Crippen molar-refractivity contribution in [2.75, 3.05) is 13.2 Å². The SMILES string of the molecule is CC(C)CCN(C1CC1)C1COc2ccccc2C1N. The second-order valence-electron chi connectivity index (χ2n) is 6.59. The summed E-state index contributed by atoms with van der Waals surface area (Å²) in [6.45, 7) is 6.45. The van der Waals surface area contributed by atoms with Crippen molar-refractivity contribution in [3.8, 4) is 5.75 Å². The number of ether oxygens (including phenoxy) is 1. The predicted octanol–water partition coefficient (Wildman–Crippen LogP) is 2.96. The van der Waals surface area contributed by atoms with Crippen LogP contribution in [0.1, 0.15) is 44.7 Å². The minimum absolute atomic E-state index is 0.0766. The summed E-state index contributed by atoms with van der Waals surface area (Å²) in [5.74, 6) is 1.71. The van der Waals surface area contributed by atoms with Gasteiger partial charge in [0.1, 0.15) is 12.4 Å². The highest BCUT2D eigenvalue weighted by Gasteiger charge is 2.39. The number of nitrogens with two attached hydrogens (primary N) is 1. The summed E-state index contributed by atoms with van der Waals surface area (Å²) in [4.78, 5) is 2.61. The Morgan fingerprint density at radius 3 is 2.75 bits per heavy atom. The molecule has 3 heteroatoms. The maximum absolute atomic E-state index is 6.54. The summed E-state index contributed by atoms with van der Waals surface area (Å²) in [7, 11) is 0. The van der Waals surface area contributed by atoms with Gasteiger partial charge < -0.3 is 10.5 Å². The van der Waals surface area contributed by atoms with Gasteiger partial charge >= 0.3 is 0 Å².